The molecule has 80 valence electrons. The number of hydrazine groups is 1. The SMILES string of the molecule is COc1cccc(C2CNNC(=O)O2)c1. The first-order valence-corrected chi connectivity index (χ1v) is 4.63. The number of methoxy groups -OCH3 is 1. The summed E-state index contributed by atoms with van der Waals surface area (Å²) in [6.07, 6.45) is -0.733. The van der Waals surface area contributed by atoms with Gasteiger partial charge in [0.15, 0.2) is 0 Å². The number of amides is 1. The van der Waals surface area contributed by atoms with Gasteiger partial charge in [-0.2, -0.15) is 0 Å². The van der Waals surface area contributed by atoms with Gasteiger partial charge in [0.05, 0.1) is 13.7 Å². The molecule has 1 amide bonds. The standard InChI is InChI=1S/C10H12N2O3/c1-14-8-4-2-3-7(5-8)9-6-11-12-10(13)15-9/h2-5,9,11H,6H2,1H3,(H,12,13). The van der Waals surface area contributed by atoms with Crippen molar-refractivity contribution in [1.82, 2.24) is 10.9 Å². The molecule has 0 spiro atoms. The van der Waals surface area contributed by atoms with Crippen LogP contribution in [0.4, 0.5) is 4.79 Å². The van der Waals surface area contributed by atoms with E-state index in [9.17, 15) is 4.79 Å². The fourth-order valence-electron chi connectivity index (χ4n) is 1.44. The molecule has 2 N–H and O–H groups in total. The topological polar surface area (TPSA) is 59.6 Å². The van der Waals surface area contributed by atoms with Crippen molar-refractivity contribution in [2.45, 2.75) is 6.10 Å². The third-order valence-corrected chi connectivity index (χ3v) is 2.19. The van der Waals surface area contributed by atoms with Gasteiger partial charge in [0, 0.05) is 0 Å². The summed E-state index contributed by atoms with van der Waals surface area (Å²) in [6, 6.07) is 7.46. The molecule has 1 saturated heterocycles. The normalized spacial score (nSPS) is 20.3. The van der Waals surface area contributed by atoms with Crippen LogP contribution in [0.15, 0.2) is 24.3 Å². The fraction of sp³-hybridized carbons (Fsp3) is 0.300. The van der Waals surface area contributed by atoms with Crippen molar-refractivity contribution in [3.8, 4) is 5.75 Å². The van der Waals surface area contributed by atoms with Gasteiger partial charge in [-0.1, -0.05) is 12.1 Å². The van der Waals surface area contributed by atoms with Crippen LogP contribution in [0, 0.1) is 0 Å². The Bertz CT molecular complexity index is 367. The average molecular weight is 208 g/mol. The lowest BCUT2D eigenvalue weighted by Crippen LogP contribution is -2.46. The van der Waals surface area contributed by atoms with E-state index in [4.69, 9.17) is 9.47 Å². The van der Waals surface area contributed by atoms with Gasteiger partial charge in [0.2, 0.25) is 0 Å². The Morgan fingerprint density at radius 2 is 2.40 bits per heavy atom. The summed E-state index contributed by atoms with van der Waals surface area (Å²) >= 11 is 0. The van der Waals surface area contributed by atoms with E-state index < -0.39 is 6.09 Å². The summed E-state index contributed by atoms with van der Waals surface area (Å²) in [4.78, 5) is 11.0. The molecule has 0 aromatic heterocycles. The highest BCUT2D eigenvalue weighted by Gasteiger charge is 2.21. The summed E-state index contributed by atoms with van der Waals surface area (Å²) in [5.41, 5.74) is 6.04. The van der Waals surface area contributed by atoms with Gasteiger partial charge in [-0.15, -0.1) is 0 Å². The summed E-state index contributed by atoms with van der Waals surface area (Å²) in [7, 11) is 1.60. The number of nitrogens with one attached hydrogen (secondary N) is 2. The van der Waals surface area contributed by atoms with E-state index in [2.05, 4.69) is 10.9 Å². The predicted octanol–water partition coefficient (Wildman–Crippen LogP) is 0.981. The quantitative estimate of drug-likeness (QED) is 0.760. The van der Waals surface area contributed by atoms with Gasteiger partial charge in [-0.3, -0.25) is 5.43 Å². The molecule has 1 aromatic carbocycles. The Balaban J connectivity index is 2.17. The molecule has 15 heavy (non-hydrogen) atoms. The van der Waals surface area contributed by atoms with Crippen LogP contribution >= 0.6 is 0 Å². The molecule has 0 saturated carbocycles. The van der Waals surface area contributed by atoms with Crippen LogP contribution in [-0.2, 0) is 4.74 Å². The predicted molar refractivity (Wildman–Crippen MR) is 53.4 cm³/mol. The maximum atomic E-state index is 11.0. The number of cyclic esters (lactones) is 1. The molecule has 5 heteroatoms. The maximum Gasteiger partial charge on any atom is 0.422 e. The van der Waals surface area contributed by atoms with Crippen LogP contribution in [0.5, 0.6) is 5.75 Å². The van der Waals surface area contributed by atoms with Crippen molar-refractivity contribution >= 4 is 6.09 Å². The molecule has 0 bridgehead atoms. The number of ether oxygens (including phenoxy) is 2. The first kappa shape index (κ1) is 9.79. The minimum atomic E-state index is -0.464. The molecule has 1 fully saturated rings. The highest BCUT2D eigenvalue weighted by atomic mass is 16.6. The van der Waals surface area contributed by atoms with Crippen LogP contribution in [0.1, 0.15) is 11.7 Å². The van der Waals surface area contributed by atoms with Crippen LogP contribution in [0.3, 0.4) is 0 Å². The van der Waals surface area contributed by atoms with E-state index in [1.54, 1.807) is 7.11 Å². The lowest BCUT2D eigenvalue weighted by molar-refractivity contribution is 0.0678. The number of benzene rings is 1. The largest absolute Gasteiger partial charge is 0.497 e. The second-order valence-electron chi connectivity index (χ2n) is 3.18. The second-order valence-corrected chi connectivity index (χ2v) is 3.18. The van der Waals surface area contributed by atoms with Gasteiger partial charge in [0.25, 0.3) is 0 Å². The molecule has 1 unspecified atom stereocenters. The minimum absolute atomic E-state index is 0.270. The molecule has 0 aliphatic carbocycles. The minimum Gasteiger partial charge on any atom is -0.497 e. The lowest BCUT2D eigenvalue weighted by Gasteiger charge is -2.24. The molecule has 2 rings (SSSR count). The first-order valence-electron chi connectivity index (χ1n) is 4.63. The molecular formula is C10H12N2O3. The van der Waals surface area contributed by atoms with E-state index >= 15 is 0 Å². The fourth-order valence-corrected chi connectivity index (χ4v) is 1.44. The Morgan fingerprint density at radius 3 is 3.13 bits per heavy atom. The molecule has 5 nitrogen and oxygen atoms in total. The number of rotatable bonds is 2. The van der Waals surface area contributed by atoms with Crippen molar-refractivity contribution in [3.63, 3.8) is 0 Å². The van der Waals surface area contributed by atoms with E-state index in [-0.39, 0.29) is 6.10 Å². The molecule has 1 aliphatic heterocycles. The Kier molecular flexibility index (Phi) is 2.73. The highest BCUT2D eigenvalue weighted by Crippen LogP contribution is 2.22. The summed E-state index contributed by atoms with van der Waals surface area (Å²) in [6.45, 7) is 0.541. The summed E-state index contributed by atoms with van der Waals surface area (Å²) in [5, 5.41) is 0. The Labute approximate surface area is 87.3 Å². The third-order valence-electron chi connectivity index (χ3n) is 2.19. The smallest absolute Gasteiger partial charge is 0.422 e. The summed E-state index contributed by atoms with van der Waals surface area (Å²) < 4.78 is 10.2. The van der Waals surface area contributed by atoms with Crippen molar-refractivity contribution in [2.24, 2.45) is 0 Å². The average Bonchev–Trinajstić information content (AvgIpc) is 2.29. The number of hydrogen-bond donors (Lipinski definition) is 2. The highest BCUT2D eigenvalue weighted by molar-refractivity contribution is 5.67. The molecule has 1 aliphatic rings. The Morgan fingerprint density at radius 1 is 1.53 bits per heavy atom. The Hall–Kier alpha value is -1.75. The number of carbonyl (C=O) groups excluding carboxylic acids is 1. The van der Waals surface area contributed by atoms with E-state index in [1.165, 1.54) is 0 Å². The second kappa shape index (κ2) is 4.18. The van der Waals surface area contributed by atoms with Gasteiger partial charge >= 0.3 is 6.09 Å². The molecule has 1 heterocycles. The van der Waals surface area contributed by atoms with E-state index in [0.29, 0.717) is 6.54 Å². The van der Waals surface area contributed by atoms with E-state index in [0.717, 1.165) is 11.3 Å². The number of carbonyl (C=O) groups is 1. The zero-order chi connectivity index (χ0) is 10.7. The first-order chi connectivity index (χ1) is 7.29. The molecular weight excluding hydrogens is 196 g/mol. The van der Waals surface area contributed by atoms with Gasteiger partial charge in [0.1, 0.15) is 11.9 Å². The zero-order valence-electron chi connectivity index (χ0n) is 8.32. The maximum absolute atomic E-state index is 11.0. The third kappa shape index (κ3) is 2.19. The van der Waals surface area contributed by atoms with Gasteiger partial charge < -0.3 is 9.47 Å². The van der Waals surface area contributed by atoms with Crippen molar-refractivity contribution in [2.75, 3.05) is 13.7 Å². The monoisotopic (exact) mass is 208 g/mol. The summed E-state index contributed by atoms with van der Waals surface area (Å²) in [5.74, 6) is 0.752. The molecule has 0 radical (unpaired) electrons. The van der Waals surface area contributed by atoms with Gasteiger partial charge in [-0.25, -0.2) is 10.2 Å². The van der Waals surface area contributed by atoms with Crippen LogP contribution in [0.2, 0.25) is 0 Å². The van der Waals surface area contributed by atoms with Crippen molar-refractivity contribution in [3.05, 3.63) is 29.8 Å². The van der Waals surface area contributed by atoms with Crippen molar-refractivity contribution in [1.29, 1.82) is 0 Å². The number of hydrogen-bond acceptors (Lipinski definition) is 4. The zero-order valence-corrected chi connectivity index (χ0v) is 8.32. The van der Waals surface area contributed by atoms with Gasteiger partial charge in [-0.05, 0) is 17.7 Å². The van der Waals surface area contributed by atoms with Crippen LogP contribution < -0.4 is 15.6 Å². The van der Waals surface area contributed by atoms with Crippen LogP contribution in [0.25, 0.3) is 0 Å². The van der Waals surface area contributed by atoms with Crippen molar-refractivity contribution < 1.29 is 14.3 Å². The lowest BCUT2D eigenvalue weighted by atomic mass is 10.1. The van der Waals surface area contributed by atoms with E-state index in [1.807, 2.05) is 24.3 Å². The molecule has 1 aromatic rings. The van der Waals surface area contributed by atoms with Crippen LogP contribution in [-0.4, -0.2) is 19.7 Å². The molecule has 1 atom stereocenters.